The zero-order chi connectivity index (χ0) is 18.4. The Kier molecular flexibility index (Phi) is 4.33. The van der Waals surface area contributed by atoms with Crippen LogP contribution in [0.1, 0.15) is 30.5 Å². The summed E-state index contributed by atoms with van der Waals surface area (Å²) in [6, 6.07) is 10.6. The lowest BCUT2D eigenvalue weighted by Gasteiger charge is -2.20. The van der Waals surface area contributed by atoms with Gasteiger partial charge in [0, 0.05) is 18.7 Å². The molecule has 132 valence electrons. The van der Waals surface area contributed by atoms with E-state index in [1.807, 2.05) is 32.9 Å². The largest absolute Gasteiger partial charge is 0.309 e. The average molecular weight is 358 g/mol. The van der Waals surface area contributed by atoms with Gasteiger partial charge in [-0.25, -0.2) is 8.42 Å². The van der Waals surface area contributed by atoms with Crippen LogP contribution in [0, 0.1) is 13.8 Å². The summed E-state index contributed by atoms with van der Waals surface area (Å²) >= 11 is 0. The van der Waals surface area contributed by atoms with E-state index in [0.717, 1.165) is 22.4 Å². The number of carbonyl (C=O) groups is 1. The van der Waals surface area contributed by atoms with Gasteiger partial charge in [-0.05, 0) is 62.6 Å². The van der Waals surface area contributed by atoms with E-state index in [-0.39, 0.29) is 16.8 Å². The zero-order valence-electron chi connectivity index (χ0n) is 14.8. The molecule has 1 atom stereocenters. The van der Waals surface area contributed by atoms with Crippen LogP contribution in [0.15, 0.2) is 41.3 Å². The van der Waals surface area contributed by atoms with Crippen molar-refractivity contribution in [3.05, 3.63) is 53.1 Å². The molecule has 0 spiro atoms. The Morgan fingerprint density at radius 3 is 2.52 bits per heavy atom. The topological polar surface area (TPSA) is 66.5 Å². The predicted octanol–water partition coefficient (Wildman–Crippen LogP) is 3.40. The molecule has 5 nitrogen and oxygen atoms in total. The fourth-order valence-electron chi connectivity index (χ4n) is 3.39. The maximum Gasteiger partial charge on any atom is 0.261 e. The lowest BCUT2D eigenvalue weighted by Crippen LogP contribution is -2.33. The number of aryl methyl sites for hydroxylation is 2. The molecule has 3 rings (SSSR count). The first-order valence-electron chi connectivity index (χ1n) is 8.22. The maximum atomic E-state index is 12.7. The van der Waals surface area contributed by atoms with Crippen molar-refractivity contribution in [2.24, 2.45) is 0 Å². The number of sulfonamides is 1. The second kappa shape index (κ2) is 6.19. The van der Waals surface area contributed by atoms with Crippen LogP contribution < -0.4 is 9.62 Å². The molecule has 1 heterocycles. The highest BCUT2D eigenvalue weighted by atomic mass is 32.2. The Morgan fingerprint density at radius 2 is 1.88 bits per heavy atom. The van der Waals surface area contributed by atoms with Gasteiger partial charge in [0.15, 0.2) is 0 Å². The Morgan fingerprint density at radius 1 is 1.16 bits per heavy atom. The Bertz CT molecular complexity index is 951. The summed E-state index contributed by atoms with van der Waals surface area (Å²) in [6.07, 6.45) is 0.655. The quantitative estimate of drug-likeness (QED) is 0.914. The van der Waals surface area contributed by atoms with Gasteiger partial charge in [-0.2, -0.15) is 0 Å². The van der Waals surface area contributed by atoms with Gasteiger partial charge in [0.05, 0.1) is 10.6 Å². The van der Waals surface area contributed by atoms with E-state index in [9.17, 15) is 13.2 Å². The standard InChI is InChI=1S/C19H22N2O3S/c1-12-5-7-18(13(2)9-12)20-25(23,24)17-6-8-19-16(11-17)10-14(3)21(19)15(4)22/h5-9,11,14,20H,10H2,1-4H3. The highest BCUT2D eigenvalue weighted by molar-refractivity contribution is 7.92. The van der Waals surface area contributed by atoms with Gasteiger partial charge in [0.2, 0.25) is 5.91 Å². The van der Waals surface area contributed by atoms with Crippen LogP contribution >= 0.6 is 0 Å². The lowest BCUT2D eigenvalue weighted by molar-refractivity contribution is -0.116. The number of benzene rings is 2. The molecule has 1 unspecified atom stereocenters. The summed E-state index contributed by atoms with van der Waals surface area (Å²) < 4.78 is 28.1. The molecular formula is C19H22N2O3S. The van der Waals surface area contributed by atoms with Crippen LogP contribution in [0.5, 0.6) is 0 Å². The minimum absolute atomic E-state index is 0.0322. The number of nitrogens with zero attached hydrogens (tertiary/aromatic N) is 1. The van der Waals surface area contributed by atoms with Gasteiger partial charge < -0.3 is 4.90 Å². The number of anilines is 2. The molecule has 0 aromatic heterocycles. The van der Waals surface area contributed by atoms with Crippen LogP contribution in [0.2, 0.25) is 0 Å². The highest BCUT2D eigenvalue weighted by Crippen LogP contribution is 2.34. The molecule has 0 aliphatic carbocycles. The summed E-state index contributed by atoms with van der Waals surface area (Å²) in [5.41, 5.74) is 4.21. The first-order valence-corrected chi connectivity index (χ1v) is 9.70. The number of hydrogen-bond acceptors (Lipinski definition) is 3. The van der Waals surface area contributed by atoms with Crippen LogP contribution in [0.3, 0.4) is 0 Å². The normalized spacial score (nSPS) is 16.6. The number of fused-ring (bicyclic) bond motifs is 1. The number of nitrogens with one attached hydrogen (secondary N) is 1. The summed E-state index contributed by atoms with van der Waals surface area (Å²) in [7, 11) is -3.68. The molecule has 25 heavy (non-hydrogen) atoms. The van der Waals surface area contributed by atoms with Crippen molar-refractivity contribution in [3.63, 3.8) is 0 Å². The first-order chi connectivity index (χ1) is 11.7. The van der Waals surface area contributed by atoms with Gasteiger partial charge in [-0.15, -0.1) is 0 Å². The van der Waals surface area contributed by atoms with Crippen molar-refractivity contribution in [3.8, 4) is 0 Å². The van der Waals surface area contributed by atoms with E-state index in [1.165, 1.54) is 6.92 Å². The number of rotatable bonds is 3. The SMILES string of the molecule is CC(=O)N1c2ccc(S(=O)(=O)Nc3ccc(C)cc3C)cc2CC1C. The third-order valence-corrected chi connectivity index (χ3v) is 5.91. The van der Waals surface area contributed by atoms with Crippen LogP contribution in [0.25, 0.3) is 0 Å². The molecule has 0 saturated heterocycles. The number of hydrogen-bond donors (Lipinski definition) is 1. The average Bonchev–Trinajstić information content (AvgIpc) is 2.85. The zero-order valence-corrected chi connectivity index (χ0v) is 15.6. The highest BCUT2D eigenvalue weighted by Gasteiger charge is 2.30. The third kappa shape index (κ3) is 3.26. The molecule has 6 heteroatoms. The van der Waals surface area contributed by atoms with Gasteiger partial charge in [0.1, 0.15) is 0 Å². The van der Waals surface area contributed by atoms with Crippen molar-refractivity contribution in [2.45, 2.75) is 45.1 Å². The van der Waals surface area contributed by atoms with Crippen molar-refractivity contribution in [1.82, 2.24) is 0 Å². The fourth-order valence-corrected chi connectivity index (χ4v) is 4.57. The molecule has 1 aliphatic rings. The second-order valence-corrected chi connectivity index (χ2v) is 8.34. The predicted molar refractivity (Wildman–Crippen MR) is 99.5 cm³/mol. The Hall–Kier alpha value is -2.34. The third-order valence-electron chi connectivity index (χ3n) is 4.54. The molecule has 0 radical (unpaired) electrons. The van der Waals surface area contributed by atoms with Crippen LogP contribution in [-0.2, 0) is 21.2 Å². The Labute approximate surface area is 148 Å². The van der Waals surface area contributed by atoms with E-state index < -0.39 is 10.0 Å². The molecule has 1 amide bonds. The molecule has 2 aromatic rings. The monoisotopic (exact) mass is 358 g/mol. The molecule has 0 bridgehead atoms. The molecule has 1 aliphatic heterocycles. The van der Waals surface area contributed by atoms with Gasteiger partial charge in [-0.1, -0.05) is 17.7 Å². The summed E-state index contributed by atoms with van der Waals surface area (Å²) in [5, 5.41) is 0. The van der Waals surface area contributed by atoms with E-state index in [1.54, 1.807) is 29.2 Å². The van der Waals surface area contributed by atoms with Gasteiger partial charge >= 0.3 is 0 Å². The number of carbonyl (C=O) groups excluding carboxylic acids is 1. The molecule has 0 saturated carbocycles. The minimum Gasteiger partial charge on any atom is -0.309 e. The van der Waals surface area contributed by atoms with Crippen molar-refractivity contribution < 1.29 is 13.2 Å². The van der Waals surface area contributed by atoms with E-state index in [0.29, 0.717) is 12.1 Å². The van der Waals surface area contributed by atoms with Gasteiger partial charge in [-0.3, -0.25) is 9.52 Å². The number of amides is 1. The van der Waals surface area contributed by atoms with Crippen LogP contribution in [0.4, 0.5) is 11.4 Å². The molecule has 0 fully saturated rings. The maximum absolute atomic E-state index is 12.7. The van der Waals surface area contributed by atoms with Crippen LogP contribution in [-0.4, -0.2) is 20.4 Å². The van der Waals surface area contributed by atoms with Gasteiger partial charge in [0.25, 0.3) is 10.0 Å². The minimum atomic E-state index is -3.68. The van der Waals surface area contributed by atoms with Crippen molar-refractivity contribution in [2.75, 3.05) is 9.62 Å². The summed E-state index contributed by atoms with van der Waals surface area (Å²) in [5.74, 6) is -0.0322. The van der Waals surface area contributed by atoms with Crippen molar-refractivity contribution >= 4 is 27.3 Å². The summed E-state index contributed by atoms with van der Waals surface area (Å²) in [4.78, 5) is 13.7. The van der Waals surface area contributed by atoms with E-state index in [2.05, 4.69) is 4.72 Å². The van der Waals surface area contributed by atoms with E-state index >= 15 is 0 Å². The molecule has 2 aromatic carbocycles. The smallest absolute Gasteiger partial charge is 0.261 e. The van der Waals surface area contributed by atoms with Crippen molar-refractivity contribution in [1.29, 1.82) is 0 Å². The lowest BCUT2D eigenvalue weighted by atomic mass is 10.1. The Balaban J connectivity index is 1.94. The van der Waals surface area contributed by atoms with E-state index in [4.69, 9.17) is 0 Å². The first kappa shape index (κ1) is 17.5. The fraction of sp³-hybridized carbons (Fsp3) is 0.316. The molecule has 1 N–H and O–H groups in total. The molecular weight excluding hydrogens is 336 g/mol. The summed E-state index contributed by atoms with van der Waals surface area (Å²) in [6.45, 7) is 7.33. The second-order valence-electron chi connectivity index (χ2n) is 6.66.